The van der Waals surface area contributed by atoms with Gasteiger partial charge < -0.3 is 5.21 Å². The molecule has 4 heterocycles. The molecular formula is C9H14N2O. The van der Waals surface area contributed by atoms with Crippen molar-refractivity contribution >= 4 is 5.71 Å². The maximum Gasteiger partial charge on any atom is 0.0742 e. The predicted octanol–water partition coefficient (Wildman–Crippen LogP) is 1.07. The van der Waals surface area contributed by atoms with Gasteiger partial charge in [-0.1, -0.05) is 5.16 Å². The highest BCUT2D eigenvalue weighted by atomic mass is 16.4. The van der Waals surface area contributed by atoms with Crippen LogP contribution in [0.2, 0.25) is 0 Å². The number of nitrogens with zero attached hydrogens (tertiary/aromatic N) is 2. The van der Waals surface area contributed by atoms with Crippen molar-refractivity contribution in [3.05, 3.63) is 0 Å². The first kappa shape index (κ1) is 6.89. The fourth-order valence-corrected chi connectivity index (χ4v) is 3.23. The molecule has 4 aliphatic rings. The third kappa shape index (κ3) is 0.724. The standard InChI is InChI=1S/C9H14N2O/c12-10-9-5-11-7-1-2-8(11)4-6(9)3-7/h6-8,12H,1-5H2. The Kier molecular flexibility index (Phi) is 1.28. The van der Waals surface area contributed by atoms with Gasteiger partial charge in [0.25, 0.3) is 0 Å². The van der Waals surface area contributed by atoms with Crippen molar-refractivity contribution in [3.8, 4) is 0 Å². The number of piperidine rings is 3. The minimum Gasteiger partial charge on any atom is -0.411 e. The summed E-state index contributed by atoms with van der Waals surface area (Å²) in [5, 5.41) is 12.2. The summed E-state index contributed by atoms with van der Waals surface area (Å²) in [6, 6.07) is 1.64. The summed E-state index contributed by atoms with van der Waals surface area (Å²) in [6.07, 6.45) is 5.24. The molecule has 4 saturated heterocycles. The van der Waals surface area contributed by atoms with Gasteiger partial charge in [-0.15, -0.1) is 0 Å². The van der Waals surface area contributed by atoms with Gasteiger partial charge in [-0.3, -0.25) is 4.90 Å². The molecule has 4 rings (SSSR count). The molecule has 0 aromatic heterocycles. The number of hydrogen-bond acceptors (Lipinski definition) is 3. The Morgan fingerprint density at radius 3 is 2.42 bits per heavy atom. The Morgan fingerprint density at radius 2 is 1.92 bits per heavy atom. The van der Waals surface area contributed by atoms with Crippen LogP contribution in [-0.2, 0) is 0 Å². The van der Waals surface area contributed by atoms with Crippen LogP contribution in [-0.4, -0.2) is 34.4 Å². The largest absolute Gasteiger partial charge is 0.411 e. The lowest BCUT2D eigenvalue weighted by Gasteiger charge is -2.45. The summed E-state index contributed by atoms with van der Waals surface area (Å²) in [5.74, 6) is 0.609. The third-order valence-corrected chi connectivity index (χ3v) is 3.83. The van der Waals surface area contributed by atoms with E-state index in [1.165, 1.54) is 25.7 Å². The summed E-state index contributed by atoms with van der Waals surface area (Å²) in [5.41, 5.74) is 1.03. The van der Waals surface area contributed by atoms with Gasteiger partial charge in [-0.05, 0) is 25.7 Å². The molecule has 0 spiro atoms. The zero-order valence-corrected chi connectivity index (χ0v) is 7.11. The Morgan fingerprint density at radius 1 is 1.25 bits per heavy atom. The lowest BCUT2D eigenvalue weighted by Crippen LogP contribution is -2.54. The van der Waals surface area contributed by atoms with E-state index in [1.807, 2.05) is 0 Å². The molecule has 0 radical (unpaired) electrons. The van der Waals surface area contributed by atoms with Gasteiger partial charge >= 0.3 is 0 Å². The first-order valence-electron chi connectivity index (χ1n) is 4.85. The summed E-state index contributed by atoms with van der Waals surface area (Å²) in [4.78, 5) is 2.54. The van der Waals surface area contributed by atoms with E-state index in [4.69, 9.17) is 5.21 Å². The van der Waals surface area contributed by atoms with E-state index in [0.717, 1.165) is 24.3 Å². The third-order valence-electron chi connectivity index (χ3n) is 3.83. The lowest BCUT2D eigenvalue weighted by molar-refractivity contribution is 0.110. The SMILES string of the molecule is ON=C1CN2C3CCC2CC1C3. The van der Waals surface area contributed by atoms with Crippen LogP contribution in [0.15, 0.2) is 5.16 Å². The summed E-state index contributed by atoms with van der Waals surface area (Å²) < 4.78 is 0. The molecule has 4 aliphatic heterocycles. The van der Waals surface area contributed by atoms with E-state index in [0.29, 0.717) is 5.92 Å². The van der Waals surface area contributed by atoms with Crippen LogP contribution in [0.3, 0.4) is 0 Å². The molecule has 0 aromatic carbocycles. The molecule has 2 unspecified atom stereocenters. The summed E-state index contributed by atoms with van der Waals surface area (Å²) in [6.45, 7) is 0.941. The van der Waals surface area contributed by atoms with Crippen molar-refractivity contribution in [1.82, 2.24) is 4.90 Å². The van der Waals surface area contributed by atoms with Crippen molar-refractivity contribution < 1.29 is 5.21 Å². The van der Waals surface area contributed by atoms with Crippen molar-refractivity contribution in [2.45, 2.75) is 37.8 Å². The Bertz CT molecular complexity index is 225. The molecule has 3 nitrogen and oxygen atoms in total. The first-order valence-corrected chi connectivity index (χ1v) is 4.85. The van der Waals surface area contributed by atoms with E-state index in [9.17, 15) is 0 Å². The monoisotopic (exact) mass is 166 g/mol. The molecule has 0 saturated carbocycles. The molecule has 2 atom stereocenters. The quantitative estimate of drug-likeness (QED) is 0.431. The van der Waals surface area contributed by atoms with Crippen molar-refractivity contribution in [1.29, 1.82) is 0 Å². The Labute approximate surface area is 72.0 Å². The molecule has 66 valence electrons. The topological polar surface area (TPSA) is 35.8 Å². The molecule has 3 heteroatoms. The second-order valence-electron chi connectivity index (χ2n) is 4.32. The molecule has 1 N–H and O–H groups in total. The highest BCUT2D eigenvalue weighted by Crippen LogP contribution is 2.43. The van der Waals surface area contributed by atoms with Crippen LogP contribution < -0.4 is 0 Å². The Balaban J connectivity index is 1.93. The number of rotatable bonds is 0. The van der Waals surface area contributed by atoms with E-state index in [2.05, 4.69) is 10.1 Å². The zero-order valence-electron chi connectivity index (χ0n) is 7.11. The maximum absolute atomic E-state index is 8.77. The second-order valence-corrected chi connectivity index (χ2v) is 4.32. The molecular weight excluding hydrogens is 152 g/mol. The Hall–Kier alpha value is -0.570. The van der Waals surface area contributed by atoms with Gasteiger partial charge in [-0.25, -0.2) is 0 Å². The van der Waals surface area contributed by atoms with E-state index in [1.54, 1.807) is 0 Å². The number of oxime groups is 1. The van der Waals surface area contributed by atoms with Gasteiger partial charge in [0.05, 0.1) is 5.71 Å². The smallest absolute Gasteiger partial charge is 0.0742 e. The first-order chi connectivity index (χ1) is 5.88. The van der Waals surface area contributed by atoms with Gasteiger partial charge in [0.15, 0.2) is 0 Å². The molecule has 4 bridgehead atoms. The van der Waals surface area contributed by atoms with E-state index < -0.39 is 0 Å². The predicted molar refractivity (Wildman–Crippen MR) is 45.5 cm³/mol. The molecule has 0 amide bonds. The summed E-state index contributed by atoms with van der Waals surface area (Å²) in [7, 11) is 0. The van der Waals surface area contributed by atoms with Crippen LogP contribution in [0.4, 0.5) is 0 Å². The molecule has 0 aliphatic carbocycles. The zero-order chi connectivity index (χ0) is 8.13. The minimum atomic E-state index is 0.609. The van der Waals surface area contributed by atoms with Gasteiger partial charge in [0, 0.05) is 24.5 Å². The van der Waals surface area contributed by atoms with Gasteiger partial charge in [0.1, 0.15) is 0 Å². The van der Waals surface area contributed by atoms with Gasteiger partial charge in [0.2, 0.25) is 0 Å². The average molecular weight is 166 g/mol. The van der Waals surface area contributed by atoms with Crippen LogP contribution >= 0.6 is 0 Å². The van der Waals surface area contributed by atoms with Crippen molar-refractivity contribution in [2.75, 3.05) is 6.54 Å². The van der Waals surface area contributed by atoms with Crippen LogP contribution in [0.1, 0.15) is 25.7 Å². The highest BCUT2D eigenvalue weighted by molar-refractivity contribution is 5.89. The van der Waals surface area contributed by atoms with Crippen LogP contribution in [0.25, 0.3) is 0 Å². The normalized spacial score (nSPS) is 53.5. The van der Waals surface area contributed by atoms with Crippen LogP contribution in [0, 0.1) is 5.92 Å². The molecule has 12 heavy (non-hydrogen) atoms. The van der Waals surface area contributed by atoms with E-state index >= 15 is 0 Å². The van der Waals surface area contributed by atoms with Crippen LogP contribution in [0.5, 0.6) is 0 Å². The number of fused-ring (bicyclic) bond motifs is 1. The van der Waals surface area contributed by atoms with E-state index in [-0.39, 0.29) is 0 Å². The fraction of sp³-hybridized carbons (Fsp3) is 0.889. The molecule has 0 aromatic rings. The summed E-state index contributed by atoms with van der Waals surface area (Å²) >= 11 is 0. The fourth-order valence-electron chi connectivity index (χ4n) is 3.23. The second kappa shape index (κ2) is 2.22. The lowest BCUT2D eigenvalue weighted by atomic mass is 9.81. The number of hydrogen-bond donors (Lipinski definition) is 1. The highest BCUT2D eigenvalue weighted by Gasteiger charge is 2.47. The van der Waals surface area contributed by atoms with Crippen molar-refractivity contribution in [2.24, 2.45) is 11.1 Å². The van der Waals surface area contributed by atoms with Crippen molar-refractivity contribution in [3.63, 3.8) is 0 Å². The average Bonchev–Trinajstić information content (AvgIpc) is 2.39. The van der Waals surface area contributed by atoms with Gasteiger partial charge in [-0.2, -0.15) is 0 Å². The maximum atomic E-state index is 8.77. The molecule has 4 fully saturated rings. The minimum absolute atomic E-state index is 0.609.